The highest BCUT2D eigenvalue weighted by Gasteiger charge is 2.32. The van der Waals surface area contributed by atoms with E-state index < -0.39 is 0 Å². The Hall–Kier alpha value is -0.860. The first-order valence-corrected chi connectivity index (χ1v) is 7.57. The molecule has 2 heteroatoms. The van der Waals surface area contributed by atoms with Gasteiger partial charge in [0.1, 0.15) is 0 Å². The van der Waals surface area contributed by atoms with Gasteiger partial charge < -0.3 is 5.32 Å². The van der Waals surface area contributed by atoms with Gasteiger partial charge in [0.25, 0.3) is 0 Å². The molecule has 2 nitrogen and oxygen atoms in total. The molecule has 106 valence electrons. The molecule has 2 atom stereocenters. The summed E-state index contributed by atoms with van der Waals surface area (Å²) in [5, 5.41) is 3.76. The second kappa shape index (κ2) is 6.06. The Morgan fingerprint density at radius 1 is 1.16 bits per heavy atom. The molecular formula is C17H28N2. The van der Waals surface area contributed by atoms with E-state index in [1.807, 2.05) is 0 Å². The highest BCUT2D eigenvalue weighted by molar-refractivity contribution is 5.24. The van der Waals surface area contributed by atoms with Crippen LogP contribution in [0.25, 0.3) is 0 Å². The second-order valence-electron chi connectivity index (χ2n) is 6.43. The largest absolute Gasteiger partial charge is 0.307 e. The van der Waals surface area contributed by atoms with Gasteiger partial charge in [-0.2, -0.15) is 0 Å². The lowest BCUT2D eigenvalue weighted by atomic mass is 9.90. The molecule has 1 fully saturated rings. The fourth-order valence-electron chi connectivity index (χ4n) is 2.96. The first-order chi connectivity index (χ1) is 9.03. The maximum Gasteiger partial charge on any atom is 0.0535 e. The van der Waals surface area contributed by atoms with Crippen LogP contribution in [0.15, 0.2) is 30.3 Å². The number of hydrogen-bond acceptors (Lipinski definition) is 2. The summed E-state index contributed by atoms with van der Waals surface area (Å²) < 4.78 is 0. The molecule has 0 saturated carbocycles. The summed E-state index contributed by atoms with van der Waals surface area (Å²) in [6, 6.07) is 11.5. The van der Waals surface area contributed by atoms with Crippen molar-refractivity contribution >= 4 is 0 Å². The van der Waals surface area contributed by atoms with Crippen LogP contribution in [0.2, 0.25) is 0 Å². The summed E-state index contributed by atoms with van der Waals surface area (Å²) in [5.41, 5.74) is 1.47. The average molecular weight is 260 g/mol. The van der Waals surface area contributed by atoms with E-state index in [4.69, 9.17) is 0 Å². The smallest absolute Gasteiger partial charge is 0.0535 e. The highest BCUT2D eigenvalue weighted by Crippen LogP contribution is 2.26. The molecule has 0 aromatic heterocycles. The van der Waals surface area contributed by atoms with Crippen LogP contribution in [-0.2, 0) is 5.54 Å². The fourth-order valence-corrected chi connectivity index (χ4v) is 2.96. The molecule has 1 aliphatic rings. The van der Waals surface area contributed by atoms with Gasteiger partial charge in [-0.1, -0.05) is 44.2 Å². The molecule has 1 aromatic carbocycles. The molecule has 2 unspecified atom stereocenters. The van der Waals surface area contributed by atoms with E-state index >= 15 is 0 Å². The Kier molecular flexibility index (Phi) is 4.64. The molecule has 0 amide bonds. The molecule has 0 radical (unpaired) electrons. The topological polar surface area (TPSA) is 15.3 Å². The second-order valence-corrected chi connectivity index (χ2v) is 6.43. The van der Waals surface area contributed by atoms with E-state index in [1.165, 1.54) is 18.5 Å². The minimum Gasteiger partial charge on any atom is -0.307 e. The third-order valence-corrected chi connectivity index (χ3v) is 4.61. The van der Waals surface area contributed by atoms with Crippen molar-refractivity contribution in [2.75, 3.05) is 19.6 Å². The molecule has 0 bridgehead atoms. The van der Waals surface area contributed by atoms with Gasteiger partial charge in [-0.3, -0.25) is 4.90 Å². The summed E-state index contributed by atoms with van der Waals surface area (Å²) in [5.74, 6) is 0.707. The molecule has 1 heterocycles. The molecule has 0 aliphatic carbocycles. The van der Waals surface area contributed by atoms with E-state index in [0.717, 1.165) is 13.1 Å². The Morgan fingerprint density at radius 2 is 1.84 bits per heavy atom. The summed E-state index contributed by atoms with van der Waals surface area (Å²) in [6.45, 7) is 12.7. The predicted molar refractivity (Wildman–Crippen MR) is 82.3 cm³/mol. The molecule has 1 N–H and O–H groups in total. The van der Waals surface area contributed by atoms with Gasteiger partial charge in [0.05, 0.1) is 5.54 Å². The Labute approximate surface area is 118 Å². The lowest BCUT2D eigenvalue weighted by Gasteiger charge is -2.38. The van der Waals surface area contributed by atoms with Gasteiger partial charge in [-0.05, 0) is 44.8 Å². The van der Waals surface area contributed by atoms with Crippen LogP contribution < -0.4 is 5.32 Å². The average Bonchev–Trinajstić information content (AvgIpc) is 2.62. The van der Waals surface area contributed by atoms with Crippen LogP contribution in [0.5, 0.6) is 0 Å². The van der Waals surface area contributed by atoms with Crippen molar-refractivity contribution in [2.24, 2.45) is 5.92 Å². The third kappa shape index (κ3) is 3.37. The molecule has 19 heavy (non-hydrogen) atoms. The van der Waals surface area contributed by atoms with Gasteiger partial charge in [0.2, 0.25) is 0 Å². The number of rotatable bonds is 3. The summed E-state index contributed by atoms with van der Waals surface area (Å²) in [6.07, 6.45) is 1.24. The fraction of sp³-hybridized carbons (Fsp3) is 0.647. The van der Waals surface area contributed by atoms with Crippen molar-refractivity contribution in [3.63, 3.8) is 0 Å². The SMILES string of the molecule is CC(C)C(C)N1CCCNC(C)(c2ccccc2)C1. The Bertz CT molecular complexity index is 388. The summed E-state index contributed by atoms with van der Waals surface area (Å²) in [7, 11) is 0. The van der Waals surface area contributed by atoms with Crippen molar-refractivity contribution < 1.29 is 0 Å². The van der Waals surface area contributed by atoms with Gasteiger partial charge in [0.15, 0.2) is 0 Å². The van der Waals surface area contributed by atoms with Crippen LogP contribution in [0, 0.1) is 5.92 Å². The van der Waals surface area contributed by atoms with E-state index in [1.54, 1.807) is 0 Å². The number of nitrogens with zero attached hydrogens (tertiary/aromatic N) is 1. The zero-order chi connectivity index (χ0) is 13.9. The zero-order valence-corrected chi connectivity index (χ0v) is 12.8. The normalized spacial score (nSPS) is 27.2. The minimum atomic E-state index is 0.0703. The van der Waals surface area contributed by atoms with E-state index in [2.05, 4.69) is 68.2 Å². The van der Waals surface area contributed by atoms with Crippen molar-refractivity contribution in [2.45, 2.75) is 45.7 Å². The van der Waals surface area contributed by atoms with Crippen LogP contribution in [0.3, 0.4) is 0 Å². The lowest BCUT2D eigenvalue weighted by Crippen LogP contribution is -2.49. The highest BCUT2D eigenvalue weighted by atomic mass is 15.2. The third-order valence-electron chi connectivity index (χ3n) is 4.61. The first-order valence-electron chi connectivity index (χ1n) is 7.57. The van der Waals surface area contributed by atoms with Crippen LogP contribution in [0.4, 0.5) is 0 Å². The predicted octanol–water partition coefficient (Wildman–Crippen LogP) is 3.24. The summed E-state index contributed by atoms with van der Waals surface area (Å²) in [4.78, 5) is 2.65. The molecular weight excluding hydrogens is 232 g/mol. The number of hydrogen-bond donors (Lipinski definition) is 1. The first kappa shape index (κ1) is 14.5. The van der Waals surface area contributed by atoms with Crippen molar-refractivity contribution in [1.29, 1.82) is 0 Å². The lowest BCUT2D eigenvalue weighted by molar-refractivity contribution is 0.140. The molecule has 1 aromatic rings. The molecule has 1 aliphatic heterocycles. The molecule has 0 spiro atoms. The van der Waals surface area contributed by atoms with Gasteiger partial charge in [0, 0.05) is 12.6 Å². The van der Waals surface area contributed by atoms with Gasteiger partial charge in [-0.25, -0.2) is 0 Å². The van der Waals surface area contributed by atoms with Crippen LogP contribution in [0.1, 0.15) is 39.7 Å². The van der Waals surface area contributed by atoms with E-state index in [9.17, 15) is 0 Å². The van der Waals surface area contributed by atoms with Gasteiger partial charge >= 0.3 is 0 Å². The number of benzene rings is 1. The van der Waals surface area contributed by atoms with E-state index in [-0.39, 0.29) is 5.54 Å². The standard InChI is InChI=1S/C17H28N2/c1-14(2)15(3)19-12-8-11-18-17(4,13-19)16-9-6-5-7-10-16/h5-7,9-10,14-15,18H,8,11-13H2,1-4H3. The van der Waals surface area contributed by atoms with Gasteiger partial charge in [-0.15, -0.1) is 0 Å². The maximum absolute atomic E-state index is 3.76. The van der Waals surface area contributed by atoms with Crippen LogP contribution in [-0.4, -0.2) is 30.6 Å². The van der Waals surface area contributed by atoms with Crippen molar-refractivity contribution in [1.82, 2.24) is 10.2 Å². The van der Waals surface area contributed by atoms with E-state index in [0.29, 0.717) is 12.0 Å². The van der Waals surface area contributed by atoms with Crippen LogP contribution >= 0.6 is 0 Å². The molecule has 2 rings (SSSR count). The quantitative estimate of drug-likeness (QED) is 0.897. The monoisotopic (exact) mass is 260 g/mol. The van der Waals surface area contributed by atoms with Crippen molar-refractivity contribution in [3.8, 4) is 0 Å². The maximum atomic E-state index is 3.76. The Morgan fingerprint density at radius 3 is 2.47 bits per heavy atom. The minimum absolute atomic E-state index is 0.0703. The summed E-state index contributed by atoms with van der Waals surface area (Å²) >= 11 is 0. The number of nitrogens with one attached hydrogen (secondary N) is 1. The molecule has 1 saturated heterocycles. The van der Waals surface area contributed by atoms with Crippen molar-refractivity contribution in [3.05, 3.63) is 35.9 Å². The Balaban J connectivity index is 2.20. The zero-order valence-electron chi connectivity index (χ0n) is 12.8.